The Morgan fingerprint density at radius 2 is 1.62 bits per heavy atom. The maximum atomic E-state index is 13.3. The second kappa shape index (κ2) is 11.8. The van der Waals surface area contributed by atoms with E-state index in [0.717, 1.165) is 31.2 Å². The van der Waals surface area contributed by atoms with Crippen LogP contribution in [0.15, 0.2) is 47.4 Å². The largest absolute Gasteiger partial charge is 0.496 e. The summed E-state index contributed by atoms with van der Waals surface area (Å²) in [7, 11) is -0.936. The molecular formula is C24H30N2O7S. The molecule has 0 aliphatic carbocycles. The van der Waals surface area contributed by atoms with Crippen molar-refractivity contribution < 1.29 is 32.2 Å². The van der Waals surface area contributed by atoms with E-state index in [4.69, 9.17) is 14.2 Å². The molecule has 10 heteroatoms. The van der Waals surface area contributed by atoms with Gasteiger partial charge >= 0.3 is 5.97 Å². The highest BCUT2D eigenvalue weighted by Gasteiger charge is 2.29. The van der Waals surface area contributed by atoms with Crippen molar-refractivity contribution in [1.29, 1.82) is 0 Å². The zero-order valence-corrected chi connectivity index (χ0v) is 20.2. The fourth-order valence-electron chi connectivity index (χ4n) is 3.73. The van der Waals surface area contributed by atoms with Gasteiger partial charge in [-0.05, 0) is 37.1 Å². The standard InChI is InChI=1S/C24H30N2O7S/c1-31-20-10-6-5-9-19(20)16-25-23(27)17-33-24(28)18-11-12-21(32-2)22(15-18)34(29,30)26-13-7-3-4-8-14-26/h5-6,9-12,15H,3-4,7-8,13-14,16-17H2,1-2H3,(H,25,27). The Kier molecular flexibility index (Phi) is 8.89. The lowest BCUT2D eigenvalue weighted by Gasteiger charge is -2.21. The molecule has 2 aromatic rings. The van der Waals surface area contributed by atoms with E-state index in [1.54, 1.807) is 13.2 Å². The summed E-state index contributed by atoms with van der Waals surface area (Å²) in [5.41, 5.74) is 0.801. The molecule has 34 heavy (non-hydrogen) atoms. The lowest BCUT2D eigenvalue weighted by molar-refractivity contribution is -0.124. The van der Waals surface area contributed by atoms with Crippen LogP contribution in [0.5, 0.6) is 11.5 Å². The number of carbonyl (C=O) groups excluding carboxylic acids is 2. The van der Waals surface area contributed by atoms with Crippen LogP contribution >= 0.6 is 0 Å². The lowest BCUT2D eigenvalue weighted by Crippen LogP contribution is -2.32. The molecule has 0 bridgehead atoms. The monoisotopic (exact) mass is 490 g/mol. The van der Waals surface area contributed by atoms with E-state index in [-0.39, 0.29) is 22.8 Å². The minimum absolute atomic E-state index is 0.0201. The number of esters is 1. The van der Waals surface area contributed by atoms with Gasteiger partial charge in [0.15, 0.2) is 6.61 Å². The summed E-state index contributed by atoms with van der Waals surface area (Å²) in [6.07, 6.45) is 3.53. The Bertz CT molecular complexity index is 1110. The Balaban J connectivity index is 1.66. The van der Waals surface area contributed by atoms with Crippen LogP contribution in [0, 0.1) is 0 Å². The molecule has 184 valence electrons. The topological polar surface area (TPSA) is 111 Å². The number of sulfonamides is 1. The number of methoxy groups -OCH3 is 2. The Hall–Kier alpha value is -3.11. The first-order valence-corrected chi connectivity index (χ1v) is 12.5. The molecule has 1 saturated heterocycles. The van der Waals surface area contributed by atoms with Crippen LogP contribution in [-0.2, 0) is 26.1 Å². The third-order valence-corrected chi connectivity index (χ3v) is 7.50. The van der Waals surface area contributed by atoms with Crippen molar-refractivity contribution >= 4 is 21.9 Å². The summed E-state index contributed by atoms with van der Waals surface area (Å²) in [6.45, 7) is 0.550. The number of rotatable bonds is 9. The third kappa shape index (κ3) is 6.27. The Labute approximate surface area is 200 Å². The van der Waals surface area contributed by atoms with Crippen molar-refractivity contribution in [3.63, 3.8) is 0 Å². The van der Waals surface area contributed by atoms with Crippen molar-refractivity contribution in [1.82, 2.24) is 9.62 Å². The number of hydrogen-bond acceptors (Lipinski definition) is 7. The normalized spacial score (nSPS) is 14.6. The summed E-state index contributed by atoms with van der Waals surface area (Å²) in [6, 6.07) is 11.3. The van der Waals surface area contributed by atoms with E-state index in [2.05, 4.69) is 5.32 Å². The van der Waals surface area contributed by atoms with E-state index < -0.39 is 28.5 Å². The molecule has 1 aliphatic rings. The van der Waals surface area contributed by atoms with Gasteiger partial charge < -0.3 is 19.5 Å². The molecule has 0 radical (unpaired) electrons. The minimum Gasteiger partial charge on any atom is -0.496 e. The van der Waals surface area contributed by atoms with E-state index >= 15 is 0 Å². The molecule has 1 aliphatic heterocycles. The van der Waals surface area contributed by atoms with Gasteiger partial charge in [-0.25, -0.2) is 13.2 Å². The summed E-state index contributed by atoms with van der Waals surface area (Å²) >= 11 is 0. The van der Waals surface area contributed by atoms with Gasteiger partial charge in [0.25, 0.3) is 5.91 Å². The van der Waals surface area contributed by atoms with Crippen molar-refractivity contribution in [2.75, 3.05) is 33.9 Å². The van der Waals surface area contributed by atoms with Gasteiger partial charge in [-0.15, -0.1) is 0 Å². The number of benzene rings is 2. The number of para-hydroxylation sites is 1. The number of nitrogens with zero attached hydrogens (tertiary/aromatic N) is 1. The van der Waals surface area contributed by atoms with Crippen LogP contribution < -0.4 is 14.8 Å². The smallest absolute Gasteiger partial charge is 0.338 e. The maximum absolute atomic E-state index is 13.3. The first-order chi connectivity index (χ1) is 16.4. The maximum Gasteiger partial charge on any atom is 0.338 e. The fraction of sp³-hybridized carbons (Fsp3) is 0.417. The highest BCUT2D eigenvalue weighted by atomic mass is 32.2. The molecule has 1 N–H and O–H groups in total. The lowest BCUT2D eigenvalue weighted by atomic mass is 10.2. The van der Waals surface area contributed by atoms with E-state index in [1.807, 2.05) is 18.2 Å². The second-order valence-electron chi connectivity index (χ2n) is 7.85. The van der Waals surface area contributed by atoms with Gasteiger partial charge in [-0.2, -0.15) is 4.31 Å². The van der Waals surface area contributed by atoms with E-state index in [1.165, 1.54) is 29.6 Å². The SMILES string of the molecule is COc1ccccc1CNC(=O)COC(=O)c1ccc(OC)c(S(=O)(=O)N2CCCCCC2)c1. The predicted octanol–water partition coefficient (Wildman–Crippen LogP) is 2.74. The van der Waals surface area contributed by atoms with Crippen molar-refractivity contribution in [2.24, 2.45) is 0 Å². The molecular weight excluding hydrogens is 460 g/mol. The van der Waals surface area contributed by atoms with Crippen LogP contribution in [0.4, 0.5) is 0 Å². The van der Waals surface area contributed by atoms with Gasteiger partial charge in [0.1, 0.15) is 16.4 Å². The van der Waals surface area contributed by atoms with Crippen LogP contribution in [0.1, 0.15) is 41.6 Å². The van der Waals surface area contributed by atoms with Crippen molar-refractivity contribution in [3.8, 4) is 11.5 Å². The summed E-state index contributed by atoms with van der Waals surface area (Å²) in [5, 5.41) is 2.66. The van der Waals surface area contributed by atoms with Gasteiger partial charge in [0.05, 0.1) is 19.8 Å². The quantitative estimate of drug-likeness (QED) is 0.538. The molecule has 1 heterocycles. The average Bonchev–Trinajstić information content (AvgIpc) is 3.16. The summed E-state index contributed by atoms with van der Waals surface area (Å²) in [4.78, 5) is 24.6. The number of nitrogens with one attached hydrogen (secondary N) is 1. The van der Waals surface area contributed by atoms with E-state index in [0.29, 0.717) is 18.8 Å². The van der Waals surface area contributed by atoms with Crippen LogP contribution in [-0.4, -0.2) is 58.5 Å². The van der Waals surface area contributed by atoms with Crippen LogP contribution in [0.25, 0.3) is 0 Å². The number of carbonyl (C=O) groups is 2. The van der Waals surface area contributed by atoms with Crippen LogP contribution in [0.2, 0.25) is 0 Å². The summed E-state index contributed by atoms with van der Waals surface area (Å²) < 4.78 is 43.5. The molecule has 1 amide bonds. The van der Waals surface area contributed by atoms with Gasteiger partial charge in [-0.1, -0.05) is 31.0 Å². The predicted molar refractivity (Wildman–Crippen MR) is 125 cm³/mol. The second-order valence-corrected chi connectivity index (χ2v) is 9.76. The van der Waals surface area contributed by atoms with Gasteiger partial charge in [0.2, 0.25) is 10.0 Å². The highest BCUT2D eigenvalue weighted by Crippen LogP contribution is 2.29. The van der Waals surface area contributed by atoms with Gasteiger partial charge in [-0.3, -0.25) is 4.79 Å². The first-order valence-electron chi connectivity index (χ1n) is 11.1. The molecule has 0 saturated carbocycles. The molecule has 2 aromatic carbocycles. The zero-order valence-electron chi connectivity index (χ0n) is 19.4. The third-order valence-electron chi connectivity index (χ3n) is 5.59. The fourth-order valence-corrected chi connectivity index (χ4v) is 5.43. The average molecular weight is 491 g/mol. The first kappa shape index (κ1) is 25.5. The van der Waals surface area contributed by atoms with Crippen molar-refractivity contribution in [2.45, 2.75) is 37.1 Å². The summed E-state index contributed by atoms with van der Waals surface area (Å²) in [5.74, 6) is -0.515. The van der Waals surface area contributed by atoms with E-state index in [9.17, 15) is 18.0 Å². The molecule has 0 aromatic heterocycles. The number of amides is 1. The number of ether oxygens (including phenoxy) is 3. The zero-order chi connectivity index (χ0) is 24.6. The Morgan fingerprint density at radius 1 is 0.941 bits per heavy atom. The van der Waals surface area contributed by atoms with Gasteiger partial charge in [0, 0.05) is 25.2 Å². The molecule has 0 spiro atoms. The molecule has 1 fully saturated rings. The highest BCUT2D eigenvalue weighted by molar-refractivity contribution is 7.89. The van der Waals surface area contributed by atoms with Crippen molar-refractivity contribution in [3.05, 3.63) is 53.6 Å². The number of hydrogen-bond donors (Lipinski definition) is 1. The molecule has 0 atom stereocenters. The molecule has 0 unspecified atom stereocenters. The van der Waals surface area contributed by atoms with Crippen LogP contribution in [0.3, 0.4) is 0 Å². The molecule has 3 rings (SSSR count). The Morgan fingerprint density at radius 3 is 2.29 bits per heavy atom. The minimum atomic E-state index is -3.85. The molecule has 9 nitrogen and oxygen atoms in total.